The number of benzene rings is 1. The van der Waals surface area contributed by atoms with Gasteiger partial charge in [-0.25, -0.2) is 4.98 Å². The number of hydrogen-bond acceptors (Lipinski definition) is 4. The molecule has 0 bridgehead atoms. The van der Waals surface area contributed by atoms with Gasteiger partial charge < -0.3 is 10.5 Å². The highest BCUT2D eigenvalue weighted by Gasteiger charge is 2.09. The molecule has 2 rings (SSSR count). The average Bonchev–Trinajstić information content (AvgIpc) is 2.36. The van der Waals surface area contributed by atoms with Crippen molar-refractivity contribution in [3.63, 3.8) is 0 Å². The number of nitrogen functional groups attached to an aromatic ring is 1. The van der Waals surface area contributed by atoms with E-state index in [4.69, 9.17) is 10.5 Å². The van der Waals surface area contributed by atoms with Crippen LogP contribution in [-0.4, -0.2) is 9.97 Å². The lowest BCUT2D eigenvalue weighted by Crippen LogP contribution is -2.00. The van der Waals surface area contributed by atoms with Crippen LogP contribution in [-0.2, 0) is 0 Å². The summed E-state index contributed by atoms with van der Waals surface area (Å²) in [5.74, 6) is -0.360. The summed E-state index contributed by atoms with van der Waals surface area (Å²) in [5, 5.41) is 0. The number of rotatable bonds is 3. The summed E-state index contributed by atoms with van der Waals surface area (Å²) in [7, 11) is 0. The fourth-order valence-electron chi connectivity index (χ4n) is 1.43. The van der Waals surface area contributed by atoms with Gasteiger partial charge in [-0.3, -0.25) is 0 Å². The van der Waals surface area contributed by atoms with Crippen LogP contribution in [0.3, 0.4) is 0 Å². The third-order valence-corrected chi connectivity index (χ3v) is 2.20. The van der Waals surface area contributed by atoms with Crippen LogP contribution in [0.15, 0.2) is 36.5 Å². The highest BCUT2D eigenvalue weighted by molar-refractivity contribution is 5.57. The van der Waals surface area contributed by atoms with E-state index in [0.29, 0.717) is 5.75 Å². The van der Waals surface area contributed by atoms with Crippen LogP contribution in [0.5, 0.6) is 11.6 Å². The van der Waals surface area contributed by atoms with Gasteiger partial charge in [-0.15, -0.1) is 0 Å². The Morgan fingerprint density at radius 2 is 2.11 bits per heavy atom. The fraction of sp³-hybridized carbons (Fsp3) is 0.0769. The monoisotopic (exact) mass is 245 g/mol. The van der Waals surface area contributed by atoms with Gasteiger partial charge in [-0.05, 0) is 13.0 Å². The Kier molecular flexibility index (Phi) is 3.52. The molecule has 0 saturated carbocycles. The molecule has 1 heterocycles. The third-order valence-electron chi connectivity index (χ3n) is 2.20. The van der Waals surface area contributed by atoms with E-state index in [-0.39, 0.29) is 11.8 Å². The van der Waals surface area contributed by atoms with E-state index in [0.717, 1.165) is 11.8 Å². The number of ether oxygens (including phenoxy) is 1. The van der Waals surface area contributed by atoms with Crippen molar-refractivity contribution in [1.29, 1.82) is 0 Å². The molecule has 1 aromatic carbocycles. The predicted molar refractivity (Wildman–Crippen MR) is 67.6 cm³/mol. The van der Waals surface area contributed by atoms with Gasteiger partial charge in [0.2, 0.25) is 11.8 Å². The zero-order valence-corrected chi connectivity index (χ0v) is 9.80. The maximum absolute atomic E-state index is 13.4. The topological polar surface area (TPSA) is 61.0 Å². The first kappa shape index (κ1) is 12.0. The molecule has 18 heavy (non-hydrogen) atoms. The maximum atomic E-state index is 13.4. The van der Waals surface area contributed by atoms with Crippen LogP contribution in [0.25, 0.3) is 6.08 Å². The first-order valence-electron chi connectivity index (χ1n) is 5.38. The summed E-state index contributed by atoms with van der Waals surface area (Å²) in [6.07, 6.45) is 4.71. The second-order valence-electron chi connectivity index (χ2n) is 3.52. The predicted octanol–water partition coefficient (Wildman–Crippen LogP) is 3.02. The van der Waals surface area contributed by atoms with Crippen LogP contribution < -0.4 is 10.5 Å². The SMILES string of the molecule is C/C=C/c1ccccc1Oc1nc(N)ncc1F. The molecule has 0 atom stereocenters. The average molecular weight is 245 g/mol. The summed E-state index contributed by atoms with van der Waals surface area (Å²) in [4.78, 5) is 7.25. The van der Waals surface area contributed by atoms with E-state index >= 15 is 0 Å². The van der Waals surface area contributed by atoms with E-state index in [1.54, 1.807) is 12.1 Å². The lowest BCUT2D eigenvalue weighted by molar-refractivity contribution is 0.420. The Morgan fingerprint density at radius 1 is 1.33 bits per heavy atom. The summed E-state index contributed by atoms with van der Waals surface area (Å²) in [5.41, 5.74) is 6.23. The van der Waals surface area contributed by atoms with Gasteiger partial charge in [0.05, 0.1) is 6.20 Å². The van der Waals surface area contributed by atoms with Crippen molar-refractivity contribution in [1.82, 2.24) is 9.97 Å². The molecule has 92 valence electrons. The molecule has 2 aromatic rings. The standard InChI is InChI=1S/C13H12FN3O/c1-2-5-9-6-3-4-7-11(9)18-12-10(14)8-16-13(15)17-12/h2-8H,1H3,(H2,15,16,17)/b5-2+. The molecule has 0 aliphatic rings. The molecule has 2 N–H and O–H groups in total. The first-order chi connectivity index (χ1) is 8.70. The van der Waals surface area contributed by atoms with Crippen LogP contribution in [0, 0.1) is 5.82 Å². The smallest absolute Gasteiger partial charge is 0.260 e. The minimum Gasteiger partial charge on any atom is -0.436 e. The number of anilines is 1. The zero-order chi connectivity index (χ0) is 13.0. The Labute approximate surface area is 104 Å². The number of halogens is 1. The van der Waals surface area contributed by atoms with Gasteiger partial charge in [0.25, 0.3) is 5.88 Å². The normalized spacial score (nSPS) is 10.8. The van der Waals surface area contributed by atoms with Crippen molar-refractivity contribution in [3.05, 3.63) is 47.9 Å². The van der Waals surface area contributed by atoms with E-state index < -0.39 is 5.82 Å². The minimum absolute atomic E-state index is 0.0325. The molecule has 0 aliphatic carbocycles. The fourth-order valence-corrected chi connectivity index (χ4v) is 1.43. The van der Waals surface area contributed by atoms with Crippen molar-refractivity contribution in [2.45, 2.75) is 6.92 Å². The summed E-state index contributed by atoms with van der Waals surface area (Å²) < 4.78 is 18.9. The largest absolute Gasteiger partial charge is 0.436 e. The van der Waals surface area contributed by atoms with Gasteiger partial charge >= 0.3 is 0 Å². The maximum Gasteiger partial charge on any atom is 0.260 e. The van der Waals surface area contributed by atoms with Gasteiger partial charge in [0.1, 0.15) is 5.75 Å². The Hall–Kier alpha value is -2.43. The van der Waals surface area contributed by atoms with Gasteiger partial charge in [-0.2, -0.15) is 9.37 Å². The Bertz CT molecular complexity index is 584. The molecule has 0 spiro atoms. The minimum atomic E-state index is -0.653. The number of nitrogens with zero attached hydrogens (tertiary/aromatic N) is 2. The molecular formula is C13H12FN3O. The van der Waals surface area contributed by atoms with Crippen LogP contribution in [0.1, 0.15) is 12.5 Å². The molecule has 0 radical (unpaired) electrons. The molecule has 0 unspecified atom stereocenters. The molecule has 1 aromatic heterocycles. The number of allylic oxidation sites excluding steroid dienone is 1. The number of hydrogen-bond donors (Lipinski definition) is 1. The number of para-hydroxylation sites is 1. The zero-order valence-electron chi connectivity index (χ0n) is 9.80. The molecule has 4 nitrogen and oxygen atoms in total. The van der Waals surface area contributed by atoms with E-state index in [1.807, 2.05) is 31.2 Å². The number of nitrogens with two attached hydrogens (primary N) is 1. The molecular weight excluding hydrogens is 233 g/mol. The lowest BCUT2D eigenvalue weighted by Gasteiger charge is -2.08. The first-order valence-corrected chi connectivity index (χ1v) is 5.38. The molecule has 0 saturated heterocycles. The summed E-state index contributed by atoms with van der Waals surface area (Å²) >= 11 is 0. The highest BCUT2D eigenvalue weighted by atomic mass is 19.1. The molecule has 0 amide bonds. The molecule has 0 aliphatic heterocycles. The van der Waals surface area contributed by atoms with E-state index in [9.17, 15) is 4.39 Å². The Balaban J connectivity index is 2.36. The van der Waals surface area contributed by atoms with Crippen molar-refractivity contribution in [2.75, 3.05) is 5.73 Å². The quantitative estimate of drug-likeness (QED) is 0.902. The van der Waals surface area contributed by atoms with Crippen LogP contribution >= 0.6 is 0 Å². The summed E-state index contributed by atoms with van der Waals surface area (Å²) in [6, 6.07) is 7.25. The summed E-state index contributed by atoms with van der Waals surface area (Å²) in [6.45, 7) is 1.89. The van der Waals surface area contributed by atoms with Crippen molar-refractivity contribution in [3.8, 4) is 11.6 Å². The van der Waals surface area contributed by atoms with Crippen molar-refractivity contribution < 1.29 is 9.13 Å². The second-order valence-corrected chi connectivity index (χ2v) is 3.52. The third kappa shape index (κ3) is 2.63. The van der Waals surface area contributed by atoms with Crippen molar-refractivity contribution in [2.24, 2.45) is 0 Å². The second kappa shape index (κ2) is 5.27. The van der Waals surface area contributed by atoms with E-state index in [2.05, 4.69) is 9.97 Å². The van der Waals surface area contributed by atoms with Gasteiger partial charge in [0, 0.05) is 5.56 Å². The lowest BCUT2D eigenvalue weighted by atomic mass is 10.2. The number of aromatic nitrogens is 2. The van der Waals surface area contributed by atoms with Crippen molar-refractivity contribution >= 4 is 12.0 Å². The molecule has 5 heteroatoms. The molecule has 0 fully saturated rings. The highest BCUT2D eigenvalue weighted by Crippen LogP contribution is 2.26. The van der Waals surface area contributed by atoms with Gasteiger partial charge in [-0.1, -0.05) is 30.4 Å². The Morgan fingerprint density at radius 3 is 2.89 bits per heavy atom. The van der Waals surface area contributed by atoms with Crippen LogP contribution in [0.4, 0.5) is 10.3 Å². The van der Waals surface area contributed by atoms with E-state index in [1.165, 1.54) is 0 Å². The van der Waals surface area contributed by atoms with Gasteiger partial charge in [0.15, 0.2) is 0 Å². The van der Waals surface area contributed by atoms with Crippen LogP contribution in [0.2, 0.25) is 0 Å².